The predicted molar refractivity (Wildman–Crippen MR) is 77.0 cm³/mol. The third kappa shape index (κ3) is 3.58. The molecule has 0 spiro atoms. The third-order valence-electron chi connectivity index (χ3n) is 3.46. The molecular formula is C13H18ClN3O2. The highest BCUT2D eigenvalue weighted by atomic mass is 35.5. The first-order valence-corrected chi connectivity index (χ1v) is 6.87. The number of nitro benzene ring substituents is 1. The monoisotopic (exact) mass is 283 g/mol. The van der Waals surface area contributed by atoms with E-state index in [1.54, 1.807) is 6.07 Å². The first kappa shape index (κ1) is 14.1. The molecule has 1 atom stereocenters. The topological polar surface area (TPSA) is 67.2 Å². The van der Waals surface area contributed by atoms with Crippen molar-refractivity contribution in [1.29, 1.82) is 0 Å². The van der Waals surface area contributed by atoms with Gasteiger partial charge in [0.15, 0.2) is 0 Å². The summed E-state index contributed by atoms with van der Waals surface area (Å²) < 4.78 is 0. The van der Waals surface area contributed by atoms with Crippen molar-refractivity contribution in [1.82, 2.24) is 5.32 Å². The van der Waals surface area contributed by atoms with Gasteiger partial charge in [-0.3, -0.25) is 10.1 Å². The molecular weight excluding hydrogens is 266 g/mol. The lowest BCUT2D eigenvalue weighted by atomic mass is 10.1. The van der Waals surface area contributed by atoms with Gasteiger partial charge in [0.05, 0.1) is 4.92 Å². The van der Waals surface area contributed by atoms with Crippen LogP contribution in [-0.2, 0) is 0 Å². The fourth-order valence-corrected chi connectivity index (χ4v) is 2.61. The third-order valence-corrected chi connectivity index (χ3v) is 3.76. The maximum absolute atomic E-state index is 10.8. The van der Waals surface area contributed by atoms with Gasteiger partial charge >= 0.3 is 0 Å². The molecule has 2 N–H and O–H groups in total. The van der Waals surface area contributed by atoms with Crippen LogP contribution in [0.2, 0.25) is 5.02 Å². The highest BCUT2D eigenvalue weighted by molar-refractivity contribution is 6.33. The SMILES string of the molecule is Cc1cc([N+](=O)[O-])c(Cl)cc1NCCC1CCCN1. The standard InChI is InChI=1S/C13H18ClN3O2/c1-9-7-13(17(18)19)11(14)8-12(9)16-6-4-10-3-2-5-15-10/h7-8,10,15-16H,2-6H2,1H3. The number of nitro groups is 1. The van der Waals surface area contributed by atoms with Crippen molar-refractivity contribution in [2.24, 2.45) is 0 Å². The predicted octanol–water partition coefficient (Wildman–Crippen LogP) is 3.11. The van der Waals surface area contributed by atoms with E-state index >= 15 is 0 Å². The molecule has 0 amide bonds. The van der Waals surface area contributed by atoms with Crippen molar-refractivity contribution < 1.29 is 4.92 Å². The number of hydrogen-bond acceptors (Lipinski definition) is 4. The summed E-state index contributed by atoms with van der Waals surface area (Å²) >= 11 is 5.91. The zero-order valence-corrected chi connectivity index (χ0v) is 11.7. The Morgan fingerprint density at radius 3 is 3.00 bits per heavy atom. The van der Waals surface area contributed by atoms with Crippen LogP contribution in [0.15, 0.2) is 12.1 Å². The van der Waals surface area contributed by atoms with Crippen LogP contribution in [0.3, 0.4) is 0 Å². The van der Waals surface area contributed by atoms with Crippen LogP contribution in [-0.4, -0.2) is 24.1 Å². The minimum atomic E-state index is -0.457. The van der Waals surface area contributed by atoms with E-state index in [1.165, 1.54) is 18.9 Å². The molecule has 1 aromatic carbocycles. The maximum atomic E-state index is 10.8. The Bertz CT molecular complexity index is 473. The van der Waals surface area contributed by atoms with E-state index in [-0.39, 0.29) is 10.7 Å². The summed E-state index contributed by atoms with van der Waals surface area (Å²) in [6.45, 7) is 3.79. The summed E-state index contributed by atoms with van der Waals surface area (Å²) in [6.07, 6.45) is 3.52. The Morgan fingerprint density at radius 1 is 1.58 bits per heavy atom. The van der Waals surface area contributed by atoms with E-state index in [4.69, 9.17) is 11.6 Å². The molecule has 1 saturated heterocycles. The lowest BCUT2D eigenvalue weighted by Crippen LogP contribution is -2.24. The van der Waals surface area contributed by atoms with Crippen LogP contribution in [0.4, 0.5) is 11.4 Å². The second-order valence-electron chi connectivity index (χ2n) is 4.88. The Kier molecular flexibility index (Phi) is 4.61. The summed E-state index contributed by atoms with van der Waals surface area (Å²) in [5.74, 6) is 0. The van der Waals surface area contributed by atoms with Gasteiger partial charge in [-0.05, 0) is 44.4 Å². The zero-order valence-electron chi connectivity index (χ0n) is 10.9. The molecule has 1 aliphatic heterocycles. The fraction of sp³-hybridized carbons (Fsp3) is 0.538. The Morgan fingerprint density at radius 2 is 2.37 bits per heavy atom. The zero-order chi connectivity index (χ0) is 13.8. The molecule has 0 radical (unpaired) electrons. The van der Waals surface area contributed by atoms with Gasteiger partial charge in [-0.25, -0.2) is 0 Å². The second-order valence-corrected chi connectivity index (χ2v) is 5.29. The fourth-order valence-electron chi connectivity index (χ4n) is 2.38. The average molecular weight is 284 g/mol. The molecule has 2 rings (SSSR count). The van der Waals surface area contributed by atoms with Gasteiger partial charge in [-0.15, -0.1) is 0 Å². The molecule has 0 aliphatic carbocycles. The van der Waals surface area contributed by atoms with Gasteiger partial charge in [-0.2, -0.15) is 0 Å². The van der Waals surface area contributed by atoms with Crippen LogP contribution in [0.25, 0.3) is 0 Å². The molecule has 0 aromatic heterocycles. The average Bonchev–Trinajstić information content (AvgIpc) is 2.85. The molecule has 0 bridgehead atoms. The van der Waals surface area contributed by atoms with Crippen LogP contribution in [0, 0.1) is 17.0 Å². The van der Waals surface area contributed by atoms with Crippen LogP contribution >= 0.6 is 11.6 Å². The summed E-state index contributed by atoms with van der Waals surface area (Å²) in [7, 11) is 0. The van der Waals surface area contributed by atoms with Crippen molar-refractivity contribution >= 4 is 23.0 Å². The van der Waals surface area contributed by atoms with E-state index in [9.17, 15) is 10.1 Å². The Labute approximate surface area is 117 Å². The smallest absolute Gasteiger partial charge is 0.288 e. The number of anilines is 1. The van der Waals surface area contributed by atoms with Crippen molar-refractivity contribution in [3.05, 3.63) is 32.8 Å². The number of nitrogens with zero attached hydrogens (tertiary/aromatic N) is 1. The minimum absolute atomic E-state index is 0.0397. The summed E-state index contributed by atoms with van der Waals surface area (Å²) in [5.41, 5.74) is 1.67. The lowest BCUT2D eigenvalue weighted by molar-refractivity contribution is -0.384. The second kappa shape index (κ2) is 6.21. The molecule has 19 heavy (non-hydrogen) atoms. The van der Waals surface area contributed by atoms with Crippen molar-refractivity contribution in [3.63, 3.8) is 0 Å². The number of aryl methyl sites for hydroxylation is 1. The van der Waals surface area contributed by atoms with Gasteiger partial charge in [0, 0.05) is 24.3 Å². The first-order chi connectivity index (χ1) is 9.08. The number of hydrogen-bond donors (Lipinski definition) is 2. The van der Waals surface area contributed by atoms with Gasteiger partial charge in [-0.1, -0.05) is 11.6 Å². The van der Waals surface area contributed by atoms with Gasteiger partial charge in [0.1, 0.15) is 5.02 Å². The molecule has 5 nitrogen and oxygen atoms in total. The minimum Gasteiger partial charge on any atom is -0.385 e. The van der Waals surface area contributed by atoms with Crippen LogP contribution in [0.1, 0.15) is 24.8 Å². The van der Waals surface area contributed by atoms with E-state index in [2.05, 4.69) is 10.6 Å². The number of halogens is 1. The number of nitrogens with one attached hydrogen (secondary N) is 2. The number of benzene rings is 1. The Balaban J connectivity index is 1.96. The summed E-state index contributed by atoms with van der Waals surface area (Å²) in [5, 5.41) is 17.7. The van der Waals surface area contributed by atoms with E-state index in [1.807, 2.05) is 6.92 Å². The highest BCUT2D eigenvalue weighted by Gasteiger charge is 2.16. The number of rotatable bonds is 5. The quantitative estimate of drug-likeness (QED) is 0.644. The molecule has 6 heteroatoms. The summed E-state index contributed by atoms with van der Waals surface area (Å²) in [4.78, 5) is 10.3. The van der Waals surface area contributed by atoms with Gasteiger partial charge < -0.3 is 10.6 Å². The Hall–Kier alpha value is -1.33. The van der Waals surface area contributed by atoms with Crippen LogP contribution in [0.5, 0.6) is 0 Å². The lowest BCUT2D eigenvalue weighted by Gasteiger charge is -2.13. The molecule has 1 heterocycles. The first-order valence-electron chi connectivity index (χ1n) is 6.49. The summed E-state index contributed by atoms with van der Waals surface area (Å²) in [6, 6.07) is 3.73. The van der Waals surface area contributed by atoms with Gasteiger partial charge in [0.25, 0.3) is 5.69 Å². The van der Waals surface area contributed by atoms with Crippen molar-refractivity contribution in [2.45, 2.75) is 32.2 Å². The van der Waals surface area contributed by atoms with Crippen LogP contribution < -0.4 is 10.6 Å². The molecule has 104 valence electrons. The maximum Gasteiger partial charge on any atom is 0.288 e. The highest BCUT2D eigenvalue weighted by Crippen LogP contribution is 2.30. The van der Waals surface area contributed by atoms with Gasteiger partial charge in [0.2, 0.25) is 0 Å². The molecule has 1 unspecified atom stereocenters. The van der Waals surface area contributed by atoms with E-state index in [0.29, 0.717) is 6.04 Å². The van der Waals surface area contributed by atoms with Crippen molar-refractivity contribution in [3.8, 4) is 0 Å². The largest absolute Gasteiger partial charge is 0.385 e. The molecule has 1 aliphatic rings. The van der Waals surface area contributed by atoms with E-state index < -0.39 is 4.92 Å². The van der Waals surface area contributed by atoms with E-state index in [0.717, 1.165) is 30.8 Å². The normalized spacial score (nSPS) is 18.5. The molecule has 0 saturated carbocycles. The van der Waals surface area contributed by atoms with Crippen molar-refractivity contribution in [2.75, 3.05) is 18.4 Å². The molecule has 1 aromatic rings. The molecule has 1 fully saturated rings.